The maximum atomic E-state index is 10.7. The molecule has 1 aromatic heterocycles. The molecule has 0 saturated carbocycles. The number of nitrogens with one attached hydrogen (secondary N) is 1. The first-order chi connectivity index (χ1) is 14.7. The number of aromatic nitrogens is 2. The molecular weight excluding hydrogens is 394 g/mol. The van der Waals surface area contributed by atoms with Crippen molar-refractivity contribution in [3.8, 4) is 29.9 Å². The van der Waals surface area contributed by atoms with Crippen molar-refractivity contribution in [1.29, 1.82) is 10.5 Å². The van der Waals surface area contributed by atoms with Gasteiger partial charge in [0.1, 0.15) is 11.6 Å². The first kappa shape index (κ1) is 21.5. The fraction of sp³-hybridized carbons (Fsp3) is 0.304. The van der Waals surface area contributed by atoms with Crippen molar-refractivity contribution >= 4 is 5.97 Å². The summed E-state index contributed by atoms with van der Waals surface area (Å²) in [6.45, 7) is 5.74. The van der Waals surface area contributed by atoms with Gasteiger partial charge in [0.05, 0.1) is 34.7 Å². The molecule has 2 aromatic rings. The van der Waals surface area contributed by atoms with Gasteiger partial charge >= 0.3 is 5.97 Å². The highest BCUT2D eigenvalue weighted by atomic mass is 16.5. The summed E-state index contributed by atoms with van der Waals surface area (Å²) in [5.41, 5.74) is 8.28. The Morgan fingerprint density at radius 1 is 1.29 bits per heavy atom. The Bertz CT molecular complexity index is 1230. The molecule has 156 valence electrons. The molecule has 0 aliphatic carbocycles. The molecule has 0 spiro atoms. The molecule has 0 amide bonds. The molecule has 1 aliphatic rings. The van der Waals surface area contributed by atoms with Gasteiger partial charge in [0.15, 0.2) is 0 Å². The van der Waals surface area contributed by atoms with Gasteiger partial charge in [0, 0.05) is 12.0 Å². The molecule has 0 fully saturated rings. The molecule has 4 N–H and O–H groups in total. The SMILES string of the molecule is Cc1n[nH]c2c1C(c1cc(C#N)cc(C#CCCC(=O)O)c1)(C(C)C)C(C#N)=C(N)O2. The summed E-state index contributed by atoms with van der Waals surface area (Å²) in [5, 5.41) is 35.5. The molecule has 2 heterocycles. The highest BCUT2D eigenvalue weighted by molar-refractivity contribution is 5.67. The molecule has 1 atom stereocenters. The second-order valence-electron chi connectivity index (χ2n) is 7.54. The minimum Gasteiger partial charge on any atom is -0.481 e. The number of aliphatic carboxylic acids is 1. The molecular formula is C23H21N5O3. The van der Waals surface area contributed by atoms with Crippen LogP contribution in [0.2, 0.25) is 0 Å². The van der Waals surface area contributed by atoms with Crippen LogP contribution in [0.15, 0.2) is 29.7 Å². The van der Waals surface area contributed by atoms with E-state index in [0.717, 1.165) is 0 Å². The number of carbonyl (C=O) groups is 1. The van der Waals surface area contributed by atoms with Crippen molar-refractivity contribution in [3.05, 3.63) is 57.6 Å². The van der Waals surface area contributed by atoms with E-state index in [9.17, 15) is 15.3 Å². The van der Waals surface area contributed by atoms with E-state index >= 15 is 0 Å². The van der Waals surface area contributed by atoms with E-state index in [0.29, 0.717) is 33.8 Å². The van der Waals surface area contributed by atoms with Crippen LogP contribution in [0.1, 0.15) is 54.6 Å². The number of aryl methyl sites for hydroxylation is 1. The number of carboxylic acid groups (broad SMARTS) is 1. The Kier molecular flexibility index (Phi) is 5.72. The van der Waals surface area contributed by atoms with Gasteiger partial charge in [-0.1, -0.05) is 25.7 Å². The van der Waals surface area contributed by atoms with Crippen LogP contribution >= 0.6 is 0 Å². The number of nitriles is 2. The number of H-pyrrole nitrogens is 1. The van der Waals surface area contributed by atoms with Crippen LogP contribution in [0.4, 0.5) is 0 Å². The summed E-state index contributed by atoms with van der Waals surface area (Å²) >= 11 is 0. The maximum absolute atomic E-state index is 10.7. The molecule has 31 heavy (non-hydrogen) atoms. The largest absolute Gasteiger partial charge is 0.481 e. The van der Waals surface area contributed by atoms with E-state index < -0.39 is 11.4 Å². The molecule has 8 nitrogen and oxygen atoms in total. The summed E-state index contributed by atoms with van der Waals surface area (Å²) < 4.78 is 5.64. The number of aromatic amines is 1. The molecule has 0 saturated heterocycles. The lowest BCUT2D eigenvalue weighted by atomic mass is 9.61. The standard InChI is InChI=1S/C23H21N5O3/c1-13(2)23(18(12-25)21(26)31-22-20(23)14(3)27-28-22)17-9-15(8-16(10-17)11-24)6-4-5-7-19(29)30/h8-10,13H,5,7,26H2,1-3H3,(H,27,28)(H,29,30). The first-order valence-electron chi connectivity index (χ1n) is 9.65. The predicted octanol–water partition coefficient (Wildman–Crippen LogP) is 2.83. The number of nitrogens with zero attached hydrogens (tertiary/aromatic N) is 3. The maximum Gasteiger partial charge on any atom is 0.304 e. The lowest BCUT2D eigenvalue weighted by Crippen LogP contribution is -2.41. The average Bonchev–Trinajstić information content (AvgIpc) is 3.09. The predicted molar refractivity (Wildman–Crippen MR) is 111 cm³/mol. The number of benzene rings is 1. The van der Waals surface area contributed by atoms with E-state index in [-0.39, 0.29) is 30.2 Å². The Balaban J connectivity index is 2.31. The Labute approximate surface area is 179 Å². The van der Waals surface area contributed by atoms with Crippen LogP contribution in [0.5, 0.6) is 5.88 Å². The zero-order valence-electron chi connectivity index (χ0n) is 17.4. The molecule has 3 rings (SSSR count). The van der Waals surface area contributed by atoms with Gasteiger partial charge in [-0.05, 0) is 36.6 Å². The Hall–Kier alpha value is -4.22. The van der Waals surface area contributed by atoms with Gasteiger partial charge in [-0.25, -0.2) is 5.10 Å². The summed E-state index contributed by atoms with van der Waals surface area (Å²) in [4.78, 5) is 10.7. The van der Waals surface area contributed by atoms with Crippen molar-refractivity contribution in [1.82, 2.24) is 10.2 Å². The highest BCUT2D eigenvalue weighted by Crippen LogP contribution is 2.52. The minimum atomic E-state index is -1.01. The smallest absolute Gasteiger partial charge is 0.304 e. The van der Waals surface area contributed by atoms with Gasteiger partial charge in [0.25, 0.3) is 0 Å². The molecule has 8 heteroatoms. The fourth-order valence-corrected chi connectivity index (χ4v) is 4.10. The van der Waals surface area contributed by atoms with E-state index in [1.54, 1.807) is 18.2 Å². The number of allylic oxidation sites excluding steroid dienone is 1. The van der Waals surface area contributed by atoms with Crippen molar-refractivity contribution in [3.63, 3.8) is 0 Å². The molecule has 1 unspecified atom stereocenters. The van der Waals surface area contributed by atoms with Crippen LogP contribution < -0.4 is 10.5 Å². The number of hydrogen-bond donors (Lipinski definition) is 3. The van der Waals surface area contributed by atoms with Crippen molar-refractivity contribution in [2.75, 3.05) is 0 Å². The second-order valence-corrected chi connectivity index (χ2v) is 7.54. The van der Waals surface area contributed by atoms with Gasteiger partial charge in [-0.2, -0.15) is 15.6 Å². The fourth-order valence-electron chi connectivity index (χ4n) is 4.10. The normalized spacial score (nSPS) is 17.1. The Morgan fingerprint density at radius 2 is 2.00 bits per heavy atom. The summed E-state index contributed by atoms with van der Waals surface area (Å²) in [6.07, 6.45) is 0.117. The van der Waals surface area contributed by atoms with E-state index in [1.807, 2.05) is 20.8 Å². The van der Waals surface area contributed by atoms with E-state index in [2.05, 4.69) is 34.2 Å². The van der Waals surface area contributed by atoms with Crippen LogP contribution in [0.3, 0.4) is 0 Å². The van der Waals surface area contributed by atoms with Gasteiger partial charge in [-0.3, -0.25) is 4.79 Å². The lowest BCUT2D eigenvalue weighted by molar-refractivity contribution is -0.136. The number of ether oxygens (including phenoxy) is 1. The van der Waals surface area contributed by atoms with Gasteiger partial charge < -0.3 is 15.6 Å². The van der Waals surface area contributed by atoms with E-state index in [1.165, 1.54) is 0 Å². The zero-order chi connectivity index (χ0) is 22.8. The quantitative estimate of drug-likeness (QED) is 0.650. The van der Waals surface area contributed by atoms with Crippen LogP contribution in [0.25, 0.3) is 0 Å². The first-order valence-corrected chi connectivity index (χ1v) is 9.65. The topological polar surface area (TPSA) is 149 Å². The van der Waals surface area contributed by atoms with Gasteiger partial charge in [0.2, 0.25) is 11.8 Å². The highest BCUT2D eigenvalue weighted by Gasteiger charge is 2.50. The third kappa shape index (κ3) is 3.58. The monoisotopic (exact) mass is 415 g/mol. The van der Waals surface area contributed by atoms with Gasteiger partial charge in [-0.15, -0.1) is 0 Å². The zero-order valence-corrected chi connectivity index (χ0v) is 17.4. The molecule has 1 aliphatic heterocycles. The van der Waals surface area contributed by atoms with Crippen LogP contribution in [0, 0.1) is 47.3 Å². The molecule has 0 bridgehead atoms. The average molecular weight is 415 g/mol. The molecule has 0 radical (unpaired) electrons. The van der Waals surface area contributed by atoms with Crippen LogP contribution in [-0.4, -0.2) is 21.3 Å². The van der Waals surface area contributed by atoms with Crippen molar-refractivity contribution in [2.45, 2.75) is 39.0 Å². The number of hydrogen-bond acceptors (Lipinski definition) is 6. The van der Waals surface area contributed by atoms with Crippen molar-refractivity contribution in [2.24, 2.45) is 11.7 Å². The summed E-state index contributed by atoms with van der Waals surface area (Å²) in [6, 6.07) is 9.50. The number of carboxylic acids is 1. The third-order valence-electron chi connectivity index (χ3n) is 5.35. The second kappa shape index (κ2) is 8.26. The minimum absolute atomic E-state index is 0.0243. The van der Waals surface area contributed by atoms with Crippen molar-refractivity contribution < 1.29 is 14.6 Å². The molecule has 1 aromatic carbocycles. The van der Waals surface area contributed by atoms with Crippen LogP contribution in [-0.2, 0) is 10.2 Å². The Morgan fingerprint density at radius 3 is 2.61 bits per heavy atom. The lowest BCUT2D eigenvalue weighted by Gasteiger charge is -2.41. The number of rotatable bonds is 4. The number of fused-ring (bicyclic) bond motifs is 1. The van der Waals surface area contributed by atoms with E-state index in [4.69, 9.17) is 15.6 Å². The summed E-state index contributed by atoms with van der Waals surface area (Å²) in [7, 11) is 0. The summed E-state index contributed by atoms with van der Waals surface area (Å²) in [5.74, 6) is 5.03. The number of nitrogens with two attached hydrogens (primary N) is 1. The third-order valence-corrected chi connectivity index (χ3v) is 5.35.